The maximum atomic E-state index is 11.8. The number of amides is 2. The van der Waals surface area contributed by atoms with E-state index in [1.807, 2.05) is 48.5 Å². The highest BCUT2D eigenvalue weighted by molar-refractivity contribution is 9.10. The molecule has 0 atom stereocenters. The third-order valence-electron chi connectivity index (χ3n) is 3.81. The molecule has 0 bridgehead atoms. The molecule has 152 valence electrons. The molecule has 0 aliphatic carbocycles. The average Bonchev–Trinajstić information content (AvgIpc) is 2.68. The number of carbonyl (C=O) groups is 2. The molecule has 2 amide bonds. The van der Waals surface area contributed by atoms with Gasteiger partial charge in [0.15, 0.2) is 0 Å². The van der Waals surface area contributed by atoms with Crippen molar-refractivity contribution in [2.75, 3.05) is 0 Å². The van der Waals surface area contributed by atoms with E-state index >= 15 is 0 Å². The van der Waals surface area contributed by atoms with Crippen LogP contribution >= 0.6 is 31.9 Å². The Labute approximate surface area is 187 Å². The summed E-state index contributed by atoms with van der Waals surface area (Å²) in [5.74, 6) is -0.279. The number of nitrogens with one attached hydrogen (secondary N) is 2. The molecule has 8 heteroatoms. The van der Waals surface area contributed by atoms with E-state index in [0.717, 1.165) is 26.5 Å². The largest absolute Gasteiger partial charge is 0.273 e. The first-order valence-corrected chi connectivity index (χ1v) is 10.8. The van der Waals surface area contributed by atoms with Crippen LogP contribution in [0.15, 0.2) is 67.7 Å². The zero-order chi connectivity index (χ0) is 20.9. The molecule has 2 aromatic carbocycles. The van der Waals surface area contributed by atoms with Crippen molar-refractivity contribution in [3.63, 3.8) is 0 Å². The van der Waals surface area contributed by atoms with E-state index in [-0.39, 0.29) is 11.8 Å². The van der Waals surface area contributed by atoms with Gasteiger partial charge >= 0.3 is 0 Å². The third-order valence-corrected chi connectivity index (χ3v) is 4.80. The van der Waals surface area contributed by atoms with Crippen LogP contribution in [0.2, 0.25) is 0 Å². The van der Waals surface area contributed by atoms with Gasteiger partial charge in [0, 0.05) is 21.8 Å². The van der Waals surface area contributed by atoms with Crippen molar-refractivity contribution in [2.45, 2.75) is 32.1 Å². The minimum atomic E-state index is -0.140. The lowest BCUT2D eigenvalue weighted by molar-refractivity contribution is -0.121. The highest BCUT2D eigenvalue weighted by Gasteiger charge is 2.02. The van der Waals surface area contributed by atoms with E-state index in [1.54, 1.807) is 12.4 Å². The van der Waals surface area contributed by atoms with Crippen LogP contribution in [0, 0.1) is 0 Å². The Morgan fingerprint density at radius 2 is 1.21 bits per heavy atom. The van der Waals surface area contributed by atoms with E-state index in [0.29, 0.717) is 25.7 Å². The first-order valence-electron chi connectivity index (χ1n) is 9.18. The zero-order valence-corrected chi connectivity index (χ0v) is 18.9. The van der Waals surface area contributed by atoms with Gasteiger partial charge < -0.3 is 0 Å². The van der Waals surface area contributed by atoms with Gasteiger partial charge in [0.1, 0.15) is 0 Å². The summed E-state index contributed by atoms with van der Waals surface area (Å²) in [5, 5.41) is 7.89. The van der Waals surface area contributed by atoms with E-state index in [4.69, 9.17) is 0 Å². The number of carbonyl (C=O) groups excluding carboxylic acids is 2. The summed E-state index contributed by atoms with van der Waals surface area (Å²) in [6, 6.07) is 15.2. The summed E-state index contributed by atoms with van der Waals surface area (Å²) < 4.78 is 1.91. The average molecular weight is 522 g/mol. The molecule has 0 spiro atoms. The number of rotatable bonds is 10. The van der Waals surface area contributed by atoms with Crippen molar-refractivity contribution >= 4 is 56.1 Å². The van der Waals surface area contributed by atoms with Crippen molar-refractivity contribution < 1.29 is 9.59 Å². The molecule has 0 fully saturated rings. The Morgan fingerprint density at radius 1 is 0.759 bits per heavy atom. The van der Waals surface area contributed by atoms with E-state index in [9.17, 15) is 9.59 Å². The summed E-state index contributed by atoms with van der Waals surface area (Å²) in [7, 11) is 0. The topological polar surface area (TPSA) is 82.9 Å². The third kappa shape index (κ3) is 10.1. The first-order chi connectivity index (χ1) is 14.0. The molecule has 29 heavy (non-hydrogen) atoms. The number of halogens is 2. The maximum absolute atomic E-state index is 11.8. The van der Waals surface area contributed by atoms with Gasteiger partial charge in [-0.1, -0.05) is 62.5 Å². The lowest BCUT2D eigenvalue weighted by Gasteiger charge is -2.01. The molecule has 0 saturated heterocycles. The van der Waals surface area contributed by atoms with Gasteiger partial charge in [-0.3, -0.25) is 9.59 Å². The molecule has 0 radical (unpaired) electrons. The van der Waals surface area contributed by atoms with Crippen LogP contribution in [0.5, 0.6) is 0 Å². The van der Waals surface area contributed by atoms with E-state index in [2.05, 4.69) is 52.9 Å². The van der Waals surface area contributed by atoms with Crippen LogP contribution in [0.25, 0.3) is 0 Å². The second-order valence-electron chi connectivity index (χ2n) is 6.26. The van der Waals surface area contributed by atoms with Crippen molar-refractivity contribution in [1.29, 1.82) is 0 Å². The number of hydrazone groups is 2. The fraction of sp³-hybridized carbons (Fsp3) is 0.238. The Kier molecular flexibility index (Phi) is 10.3. The Morgan fingerprint density at radius 3 is 1.62 bits per heavy atom. The van der Waals surface area contributed by atoms with Crippen molar-refractivity contribution in [3.8, 4) is 0 Å². The fourth-order valence-corrected chi connectivity index (χ4v) is 3.22. The molecule has 0 aliphatic heterocycles. The monoisotopic (exact) mass is 520 g/mol. The number of benzene rings is 2. The Hall–Kier alpha value is -2.32. The highest BCUT2D eigenvalue weighted by atomic mass is 79.9. The molecule has 2 N–H and O–H groups in total. The fourth-order valence-electron chi connectivity index (χ4n) is 2.39. The van der Waals surface area contributed by atoms with Crippen LogP contribution in [0.4, 0.5) is 0 Å². The molecular formula is C21H22Br2N4O2. The van der Waals surface area contributed by atoms with Crippen LogP contribution in [-0.2, 0) is 9.59 Å². The van der Waals surface area contributed by atoms with Crippen LogP contribution < -0.4 is 10.9 Å². The molecule has 0 unspecified atom stereocenters. The highest BCUT2D eigenvalue weighted by Crippen LogP contribution is 2.10. The predicted molar refractivity (Wildman–Crippen MR) is 123 cm³/mol. The normalized spacial score (nSPS) is 11.1. The minimum absolute atomic E-state index is 0.140. The summed E-state index contributed by atoms with van der Waals surface area (Å²) in [4.78, 5) is 23.5. The zero-order valence-electron chi connectivity index (χ0n) is 15.8. The lowest BCUT2D eigenvalue weighted by atomic mass is 10.1. The van der Waals surface area contributed by atoms with Gasteiger partial charge in [-0.15, -0.1) is 0 Å². The van der Waals surface area contributed by atoms with Crippen LogP contribution in [0.3, 0.4) is 0 Å². The number of unbranched alkanes of at least 4 members (excludes halogenated alkanes) is 2. The van der Waals surface area contributed by atoms with Crippen molar-refractivity contribution in [1.82, 2.24) is 10.9 Å². The van der Waals surface area contributed by atoms with Gasteiger partial charge in [-0.05, 0) is 48.2 Å². The van der Waals surface area contributed by atoms with Gasteiger partial charge in [0.05, 0.1) is 12.4 Å². The summed E-state index contributed by atoms with van der Waals surface area (Å²) in [6.45, 7) is 0. The summed E-state index contributed by atoms with van der Waals surface area (Å²) in [5.41, 5.74) is 6.82. The van der Waals surface area contributed by atoms with Gasteiger partial charge in [0.2, 0.25) is 11.8 Å². The minimum Gasteiger partial charge on any atom is -0.273 e. The summed E-state index contributed by atoms with van der Waals surface area (Å²) >= 11 is 6.76. The quantitative estimate of drug-likeness (QED) is 0.268. The van der Waals surface area contributed by atoms with E-state index in [1.165, 1.54) is 0 Å². The maximum Gasteiger partial charge on any atom is 0.240 e. The smallest absolute Gasteiger partial charge is 0.240 e. The Bertz CT molecular complexity index is 813. The Balaban J connectivity index is 1.54. The molecule has 0 aliphatic rings. The molecule has 0 heterocycles. The molecule has 2 rings (SSSR count). The number of hydrogen-bond donors (Lipinski definition) is 2. The SMILES string of the molecule is O=C(CCCCCC(=O)N/N=C/c1cccc(Br)c1)N/N=C/c1cccc(Br)c1. The van der Waals surface area contributed by atoms with Gasteiger partial charge in [-0.2, -0.15) is 10.2 Å². The predicted octanol–water partition coefficient (Wildman–Crippen LogP) is 4.76. The second-order valence-corrected chi connectivity index (χ2v) is 8.09. The number of nitrogens with zero attached hydrogens (tertiary/aromatic N) is 2. The van der Waals surface area contributed by atoms with Crippen LogP contribution in [0.1, 0.15) is 43.2 Å². The molecule has 0 aromatic heterocycles. The standard InChI is InChI=1S/C21H22Br2N4O2/c22-18-8-4-6-16(12-18)14-24-26-20(28)10-2-1-3-11-21(29)27-25-15-17-7-5-9-19(23)13-17/h4-9,12-15H,1-3,10-11H2,(H,26,28)(H,27,29)/b24-14+,25-15+. The second kappa shape index (κ2) is 13.0. The molecule has 6 nitrogen and oxygen atoms in total. The molecule has 2 aromatic rings. The molecular weight excluding hydrogens is 500 g/mol. The van der Waals surface area contributed by atoms with Crippen molar-refractivity contribution in [3.05, 3.63) is 68.6 Å². The first kappa shape index (κ1) is 23.0. The summed E-state index contributed by atoms with van der Waals surface area (Å²) in [6.07, 6.45) is 6.13. The van der Waals surface area contributed by atoms with Gasteiger partial charge in [0.25, 0.3) is 0 Å². The van der Waals surface area contributed by atoms with Gasteiger partial charge in [-0.25, -0.2) is 10.9 Å². The van der Waals surface area contributed by atoms with Crippen LogP contribution in [-0.4, -0.2) is 24.2 Å². The van der Waals surface area contributed by atoms with Crippen molar-refractivity contribution in [2.24, 2.45) is 10.2 Å². The van der Waals surface area contributed by atoms with E-state index < -0.39 is 0 Å². The molecule has 0 saturated carbocycles. The lowest BCUT2D eigenvalue weighted by Crippen LogP contribution is -2.18. The number of hydrogen-bond acceptors (Lipinski definition) is 4.